The molecule has 0 spiro atoms. The van der Waals surface area contributed by atoms with Gasteiger partial charge in [0.15, 0.2) is 11.5 Å². The Morgan fingerprint density at radius 2 is 2.05 bits per heavy atom. The fourth-order valence-electron chi connectivity index (χ4n) is 1.73. The van der Waals surface area contributed by atoms with Crippen molar-refractivity contribution in [2.75, 3.05) is 13.7 Å². The van der Waals surface area contributed by atoms with Gasteiger partial charge < -0.3 is 25.4 Å². The molecule has 0 saturated heterocycles. The van der Waals surface area contributed by atoms with Crippen molar-refractivity contribution in [3.8, 4) is 11.5 Å². The minimum absolute atomic E-state index is 0.285. The zero-order chi connectivity index (χ0) is 15.1. The molecule has 20 heavy (non-hydrogen) atoms. The van der Waals surface area contributed by atoms with E-state index in [4.69, 9.17) is 4.74 Å². The van der Waals surface area contributed by atoms with E-state index in [1.165, 1.54) is 25.2 Å². The van der Waals surface area contributed by atoms with E-state index < -0.39 is 18.1 Å². The molecular weight excluding hydrogens is 262 g/mol. The number of carbonyl (C=O) groups excluding carboxylic acids is 1. The summed E-state index contributed by atoms with van der Waals surface area (Å²) < 4.78 is 5.06. The Bertz CT molecular complexity index is 449. The predicted octanol–water partition coefficient (Wildman–Crippen LogP) is 1.06. The van der Waals surface area contributed by atoms with Crippen LogP contribution < -0.4 is 5.32 Å². The van der Waals surface area contributed by atoms with Crippen molar-refractivity contribution in [1.82, 2.24) is 5.32 Å². The van der Waals surface area contributed by atoms with Gasteiger partial charge in [-0.1, -0.05) is 19.4 Å². The summed E-state index contributed by atoms with van der Waals surface area (Å²) in [6.07, 6.45) is 0.491. The van der Waals surface area contributed by atoms with Gasteiger partial charge in [0.1, 0.15) is 12.1 Å². The molecule has 1 aromatic carbocycles. The summed E-state index contributed by atoms with van der Waals surface area (Å²) in [6.45, 7) is 2.29. The molecule has 0 aliphatic rings. The van der Waals surface area contributed by atoms with E-state index in [1.54, 1.807) is 0 Å². The number of nitrogens with one attached hydrogen (secondary N) is 1. The van der Waals surface area contributed by atoms with Crippen molar-refractivity contribution >= 4 is 5.97 Å². The van der Waals surface area contributed by atoms with Crippen molar-refractivity contribution in [3.05, 3.63) is 23.8 Å². The third-order valence-electron chi connectivity index (χ3n) is 2.96. The summed E-state index contributed by atoms with van der Waals surface area (Å²) in [7, 11) is 1.54. The molecular formula is C14H21NO5. The first kappa shape index (κ1) is 16.3. The Labute approximate surface area is 118 Å². The van der Waals surface area contributed by atoms with E-state index in [1.807, 2.05) is 6.92 Å². The second kappa shape index (κ2) is 7.72. The lowest BCUT2D eigenvalue weighted by molar-refractivity contribution is -0.149. The van der Waals surface area contributed by atoms with Gasteiger partial charge in [-0.15, -0.1) is 0 Å². The van der Waals surface area contributed by atoms with Gasteiger partial charge in [-0.2, -0.15) is 0 Å². The monoisotopic (exact) mass is 283 g/mol. The number of likely N-dealkylation sites (N-methyl/N-ethyl adjacent to an activating group) is 1. The molecule has 0 fully saturated rings. The van der Waals surface area contributed by atoms with Gasteiger partial charge in [-0.05, 0) is 31.2 Å². The van der Waals surface area contributed by atoms with Crippen LogP contribution >= 0.6 is 0 Å². The van der Waals surface area contributed by atoms with Crippen LogP contribution in [0.3, 0.4) is 0 Å². The van der Waals surface area contributed by atoms with Gasteiger partial charge in [0.2, 0.25) is 0 Å². The van der Waals surface area contributed by atoms with Gasteiger partial charge in [0.25, 0.3) is 0 Å². The Kier molecular flexibility index (Phi) is 6.27. The fraction of sp³-hybridized carbons (Fsp3) is 0.500. The van der Waals surface area contributed by atoms with Gasteiger partial charge >= 0.3 is 5.97 Å². The predicted molar refractivity (Wildman–Crippen MR) is 73.4 cm³/mol. The fourth-order valence-corrected chi connectivity index (χ4v) is 1.73. The Morgan fingerprint density at radius 3 is 2.60 bits per heavy atom. The molecule has 2 atom stereocenters. The maximum absolute atomic E-state index is 11.9. The topological polar surface area (TPSA) is 99.0 Å². The Balaban J connectivity index is 2.77. The number of phenols is 2. The number of rotatable bonds is 7. The number of ether oxygens (including phenoxy) is 1. The smallest absolute Gasteiger partial charge is 0.326 e. The minimum atomic E-state index is -1.18. The van der Waals surface area contributed by atoms with E-state index in [9.17, 15) is 20.1 Å². The lowest BCUT2D eigenvalue weighted by Crippen LogP contribution is -2.41. The highest BCUT2D eigenvalue weighted by molar-refractivity contribution is 5.77. The average Bonchev–Trinajstić information content (AvgIpc) is 2.43. The van der Waals surface area contributed by atoms with Gasteiger partial charge in [-0.25, -0.2) is 0 Å². The molecule has 0 saturated carbocycles. The van der Waals surface area contributed by atoms with Crippen LogP contribution in [0.15, 0.2) is 18.2 Å². The molecule has 0 radical (unpaired) electrons. The molecule has 1 unspecified atom stereocenters. The van der Waals surface area contributed by atoms with E-state index >= 15 is 0 Å². The summed E-state index contributed by atoms with van der Waals surface area (Å²) in [5.74, 6) is -1.19. The Morgan fingerprint density at radius 1 is 1.35 bits per heavy atom. The normalized spacial score (nSPS) is 13.8. The molecule has 4 N–H and O–H groups in total. The number of benzene rings is 1. The van der Waals surface area contributed by atoms with Gasteiger partial charge in [0.05, 0.1) is 6.61 Å². The second-order valence-electron chi connectivity index (χ2n) is 4.48. The van der Waals surface area contributed by atoms with Crippen LogP contribution in [0.25, 0.3) is 0 Å². The summed E-state index contributed by atoms with van der Waals surface area (Å²) >= 11 is 0. The van der Waals surface area contributed by atoms with E-state index in [2.05, 4.69) is 5.32 Å². The molecule has 0 heterocycles. The van der Waals surface area contributed by atoms with E-state index in [0.717, 1.165) is 12.8 Å². The largest absolute Gasteiger partial charge is 0.504 e. The highest BCUT2D eigenvalue weighted by atomic mass is 16.5. The number of phenolic OH excluding ortho intramolecular Hbond substituents is 2. The van der Waals surface area contributed by atoms with Crippen LogP contribution in [0, 0.1) is 0 Å². The number of aliphatic hydroxyl groups excluding tert-OH is 1. The average molecular weight is 283 g/mol. The lowest BCUT2D eigenvalue weighted by atomic mass is 10.0. The highest BCUT2D eigenvalue weighted by Crippen LogP contribution is 2.29. The summed E-state index contributed by atoms with van der Waals surface area (Å²) in [5, 5.41) is 31.5. The first-order valence-electron chi connectivity index (χ1n) is 6.55. The van der Waals surface area contributed by atoms with Crippen molar-refractivity contribution in [3.63, 3.8) is 0 Å². The number of hydrogen-bond donors (Lipinski definition) is 4. The van der Waals surface area contributed by atoms with Crippen molar-refractivity contribution in [1.29, 1.82) is 0 Å². The van der Waals surface area contributed by atoms with Crippen molar-refractivity contribution < 1.29 is 24.9 Å². The summed E-state index contributed by atoms with van der Waals surface area (Å²) in [6, 6.07) is 2.96. The highest BCUT2D eigenvalue weighted by Gasteiger charge is 2.28. The van der Waals surface area contributed by atoms with Gasteiger partial charge in [0, 0.05) is 0 Å². The number of esters is 1. The third kappa shape index (κ3) is 4.11. The maximum atomic E-state index is 11.9. The molecule has 6 nitrogen and oxygen atoms in total. The third-order valence-corrected chi connectivity index (χ3v) is 2.96. The maximum Gasteiger partial charge on any atom is 0.326 e. The number of aromatic hydroxyl groups is 2. The first-order chi connectivity index (χ1) is 9.51. The van der Waals surface area contributed by atoms with Gasteiger partial charge in [-0.3, -0.25) is 4.79 Å². The molecule has 1 rings (SSSR count). The Hall–Kier alpha value is -1.79. The quantitative estimate of drug-likeness (QED) is 0.339. The van der Waals surface area contributed by atoms with Crippen molar-refractivity contribution in [2.45, 2.75) is 31.9 Å². The second-order valence-corrected chi connectivity index (χ2v) is 4.48. The van der Waals surface area contributed by atoms with E-state index in [0.29, 0.717) is 12.2 Å². The number of aliphatic hydroxyl groups is 1. The molecule has 0 amide bonds. The summed E-state index contributed by atoms with van der Waals surface area (Å²) in [4.78, 5) is 11.9. The van der Waals surface area contributed by atoms with E-state index in [-0.39, 0.29) is 11.5 Å². The van der Waals surface area contributed by atoms with Crippen LogP contribution in [0.2, 0.25) is 0 Å². The summed E-state index contributed by atoms with van der Waals surface area (Å²) in [5.41, 5.74) is 0.312. The van der Waals surface area contributed by atoms with Crippen LogP contribution in [0.4, 0.5) is 0 Å². The molecule has 0 aliphatic heterocycles. The van der Waals surface area contributed by atoms with Crippen LogP contribution in [-0.2, 0) is 9.53 Å². The number of carbonyl (C=O) groups is 1. The number of hydrogen-bond acceptors (Lipinski definition) is 6. The van der Waals surface area contributed by atoms with Crippen LogP contribution in [-0.4, -0.2) is 41.0 Å². The first-order valence-corrected chi connectivity index (χ1v) is 6.55. The zero-order valence-corrected chi connectivity index (χ0v) is 11.7. The molecule has 112 valence electrons. The molecule has 1 aromatic rings. The van der Waals surface area contributed by atoms with Crippen molar-refractivity contribution in [2.24, 2.45) is 0 Å². The SMILES string of the molecule is CCCCOC(=O)[C@@H](NC)C(O)c1ccc(O)c(O)c1. The van der Waals surface area contributed by atoms with Crippen LogP contribution in [0.5, 0.6) is 11.5 Å². The zero-order valence-electron chi connectivity index (χ0n) is 11.7. The molecule has 0 bridgehead atoms. The molecule has 0 aromatic heterocycles. The van der Waals surface area contributed by atoms with Crippen LogP contribution in [0.1, 0.15) is 31.4 Å². The standard InChI is InChI=1S/C14H21NO5/c1-3-4-7-20-14(19)12(15-2)13(18)9-5-6-10(16)11(17)8-9/h5-6,8,12-13,15-18H,3-4,7H2,1-2H3/t12-,13?/m0/s1. The molecule has 6 heteroatoms. The number of unbranched alkanes of at least 4 members (excludes halogenated alkanes) is 1. The lowest BCUT2D eigenvalue weighted by Gasteiger charge is -2.21. The minimum Gasteiger partial charge on any atom is -0.504 e. The molecule has 0 aliphatic carbocycles.